The van der Waals surface area contributed by atoms with E-state index in [4.69, 9.17) is 11.9 Å². The van der Waals surface area contributed by atoms with Crippen LogP contribution in [0.25, 0.3) is 0 Å². The number of hydrogen-bond acceptors (Lipinski definition) is 1. The summed E-state index contributed by atoms with van der Waals surface area (Å²) in [6.07, 6.45) is 0. The summed E-state index contributed by atoms with van der Waals surface area (Å²) < 4.78 is 23.2. The molecule has 0 spiro atoms. The predicted octanol–water partition coefficient (Wildman–Crippen LogP) is -1.88. The van der Waals surface area contributed by atoms with Gasteiger partial charge in [-0.3, -0.25) is 0 Å². The second-order valence-corrected chi connectivity index (χ2v) is 1.47. The third-order valence-corrected chi connectivity index (χ3v) is 0. The maximum absolute atomic E-state index is 8.81. The van der Waals surface area contributed by atoms with Gasteiger partial charge in [0.1, 0.15) is 0 Å². The molecule has 0 aromatic rings. The predicted molar refractivity (Wildman–Crippen MR) is 12.3 cm³/mol. The second kappa shape index (κ2) is 4.80. The van der Waals surface area contributed by atoms with Crippen LogP contribution < -0.4 is 0 Å². The fourth-order valence-corrected chi connectivity index (χ4v) is 0. The molecule has 0 atom stereocenters. The Balaban J connectivity index is 0. The van der Waals surface area contributed by atoms with Crippen LogP contribution in [0.3, 0.4) is 0 Å². The molecule has 0 rings (SSSR count). The van der Waals surface area contributed by atoms with Crippen molar-refractivity contribution >= 4 is 15.3 Å². The monoisotopic (exact) mass is 189 g/mol. The first kappa shape index (κ1) is 9.25. The molecule has 3 nitrogen and oxygen atoms in total. The zero-order chi connectivity index (χ0) is 3.58. The van der Waals surface area contributed by atoms with E-state index >= 15 is 0 Å². The van der Waals surface area contributed by atoms with Crippen molar-refractivity contribution < 1.29 is 29.0 Å². The third-order valence-electron chi connectivity index (χ3n) is 0. The molecular formula is H3AsCuO3. The van der Waals surface area contributed by atoms with Gasteiger partial charge >= 0.3 is 27.2 Å². The molecule has 0 aromatic heterocycles. The molecule has 0 saturated heterocycles. The summed E-state index contributed by atoms with van der Waals surface area (Å²) in [5, 5.41) is 0. The van der Waals surface area contributed by atoms with Crippen molar-refractivity contribution in [3.63, 3.8) is 0 Å². The molecule has 5 heavy (non-hydrogen) atoms. The van der Waals surface area contributed by atoms with Crippen LogP contribution in [-0.2, 0) is 20.8 Å². The SMILES string of the molecule is O=[AsH](O)O.[Cu]. The maximum atomic E-state index is 8.81. The van der Waals surface area contributed by atoms with Crippen molar-refractivity contribution in [2.45, 2.75) is 0 Å². The molecule has 0 aliphatic rings. The fraction of sp³-hybridized carbons (Fsp3) is 0. The normalized spacial score (nSPS) is 7.00. The van der Waals surface area contributed by atoms with Gasteiger partial charge in [0.25, 0.3) is 0 Å². The summed E-state index contributed by atoms with van der Waals surface area (Å²) in [5.74, 6) is 0. The molecule has 0 bridgehead atoms. The Morgan fingerprint density at radius 1 is 1.40 bits per heavy atom. The van der Waals surface area contributed by atoms with Gasteiger partial charge in [0.15, 0.2) is 0 Å². The van der Waals surface area contributed by atoms with Crippen LogP contribution >= 0.6 is 0 Å². The van der Waals surface area contributed by atoms with E-state index in [1.807, 2.05) is 0 Å². The molecular weight excluding hydrogens is 186 g/mol. The molecule has 5 heteroatoms. The van der Waals surface area contributed by atoms with E-state index in [0.29, 0.717) is 0 Å². The van der Waals surface area contributed by atoms with E-state index in [1.165, 1.54) is 0 Å². The van der Waals surface area contributed by atoms with Crippen molar-refractivity contribution in [1.82, 2.24) is 0 Å². The van der Waals surface area contributed by atoms with Gasteiger partial charge in [-0.15, -0.1) is 0 Å². The van der Waals surface area contributed by atoms with Gasteiger partial charge in [-0.25, -0.2) is 0 Å². The molecule has 0 fully saturated rings. The van der Waals surface area contributed by atoms with Gasteiger partial charge in [-0.05, 0) is 0 Å². The van der Waals surface area contributed by atoms with Gasteiger partial charge in [0.05, 0.1) is 0 Å². The van der Waals surface area contributed by atoms with Crippen LogP contribution in [0.1, 0.15) is 0 Å². The molecule has 0 aromatic carbocycles. The van der Waals surface area contributed by atoms with Crippen molar-refractivity contribution in [3.05, 3.63) is 0 Å². The summed E-state index contributed by atoms with van der Waals surface area (Å²) in [7, 11) is 0. The quantitative estimate of drug-likeness (QED) is 0.439. The molecule has 0 unspecified atom stereocenters. The zero-order valence-electron chi connectivity index (χ0n) is 2.10. The minimum atomic E-state index is -3.58. The Morgan fingerprint density at radius 3 is 1.40 bits per heavy atom. The van der Waals surface area contributed by atoms with E-state index in [9.17, 15) is 0 Å². The Labute approximate surface area is 44.7 Å². The van der Waals surface area contributed by atoms with E-state index in [1.54, 1.807) is 0 Å². The Morgan fingerprint density at radius 2 is 1.40 bits per heavy atom. The van der Waals surface area contributed by atoms with Gasteiger partial charge in [-0.1, -0.05) is 0 Å². The molecule has 37 valence electrons. The van der Waals surface area contributed by atoms with Crippen molar-refractivity contribution in [3.8, 4) is 0 Å². The minimum Gasteiger partial charge on any atom is 0 e. The zero-order valence-corrected chi connectivity index (χ0v) is 5.14. The summed E-state index contributed by atoms with van der Waals surface area (Å²) in [6, 6.07) is 0. The van der Waals surface area contributed by atoms with E-state index in [-0.39, 0.29) is 17.1 Å². The topological polar surface area (TPSA) is 57.5 Å². The first-order valence-corrected chi connectivity index (χ1v) is 3.38. The van der Waals surface area contributed by atoms with Crippen LogP contribution in [0.4, 0.5) is 0 Å². The summed E-state index contributed by atoms with van der Waals surface area (Å²) in [6.45, 7) is 0. The first-order valence-electron chi connectivity index (χ1n) is 0.651. The maximum Gasteiger partial charge on any atom is 0 e. The van der Waals surface area contributed by atoms with Crippen LogP contribution in [0.2, 0.25) is 0 Å². The van der Waals surface area contributed by atoms with E-state index in [2.05, 4.69) is 0 Å². The average molecular weight is 189 g/mol. The Bertz CT molecular complexity index is 29.9. The van der Waals surface area contributed by atoms with Crippen LogP contribution in [0, 0.1) is 0 Å². The van der Waals surface area contributed by atoms with Crippen molar-refractivity contribution in [1.29, 1.82) is 0 Å². The Hall–Kier alpha value is 0.798. The van der Waals surface area contributed by atoms with Crippen LogP contribution in [0.5, 0.6) is 0 Å². The fourth-order valence-electron chi connectivity index (χ4n) is 0. The molecule has 0 aliphatic carbocycles. The summed E-state index contributed by atoms with van der Waals surface area (Å²) >= 11 is -3.58. The van der Waals surface area contributed by atoms with Gasteiger partial charge in [0, 0.05) is 17.1 Å². The average Bonchev–Trinajstić information content (AvgIpc) is 0.811. The van der Waals surface area contributed by atoms with Crippen molar-refractivity contribution in [2.24, 2.45) is 0 Å². The molecule has 0 aliphatic heterocycles. The van der Waals surface area contributed by atoms with Crippen LogP contribution in [-0.4, -0.2) is 23.5 Å². The number of rotatable bonds is 0. The second-order valence-electron chi connectivity index (χ2n) is 0.283. The first-order chi connectivity index (χ1) is 1.73. The molecule has 0 heterocycles. The summed E-state index contributed by atoms with van der Waals surface area (Å²) in [4.78, 5) is 0. The smallest absolute Gasteiger partial charge is 0 e. The molecule has 0 saturated carbocycles. The standard InChI is InChI=1S/AsH3O3.Cu/c2-1(3)4;/h1H,(H2,2,3,4);. The summed E-state index contributed by atoms with van der Waals surface area (Å²) in [5.41, 5.74) is 0. The van der Waals surface area contributed by atoms with E-state index < -0.39 is 15.3 Å². The van der Waals surface area contributed by atoms with Gasteiger partial charge < -0.3 is 0 Å². The third kappa shape index (κ3) is 59.0. The molecule has 1 radical (unpaired) electrons. The van der Waals surface area contributed by atoms with Crippen molar-refractivity contribution in [2.75, 3.05) is 0 Å². The van der Waals surface area contributed by atoms with E-state index in [0.717, 1.165) is 0 Å². The Kier molecular flexibility index (Phi) is 8.88. The molecule has 0 amide bonds. The van der Waals surface area contributed by atoms with Crippen LogP contribution in [0.15, 0.2) is 0 Å². The van der Waals surface area contributed by atoms with Gasteiger partial charge in [0.2, 0.25) is 0 Å². The number of hydrogen-bond donors (Lipinski definition) is 2. The largest absolute Gasteiger partial charge is 0 e. The molecule has 2 N–H and O–H groups in total. The van der Waals surface area contributed by atoms with Gasteiger partial charge in [-0.2, -0.15) is 0 Å². The minimum absolute atomic E-state index is 0.